The van der Waals surface area contributed by atoms with E-state index < -0.39 is 10.0 Å². The van der Waals surface area contributed by atoms with E-state index in [1.54, 1.807) is 13.8 Å². The van der Waals surface area contributed by atoms with Crippen molar-refractivity contribution >= 4 is 15.9 Å². The van der Waals surface area contributed by atoms with Gasteiger partial charge in [-0.1, -0.05) is 0 Å². The molecule has 0 aromatic heterocycles. The number of benzene rings is 1. The van der Waals surface area contributed by atoms with Crippen LogP contribution < -0.4 is 14.8 Å². The summed E-state index contributed by atoms with van der Waals surface area (Å²) >= 11 is 0. The largest absolute Gasteiger partial charge is 0.484 e. The van der Waals surface area contributed by atoms with Gasteiger partial charge in [-0.3, -0.25) is 4.79 Å². The number of rotatable bonds is 11. The molecule has 0 aliphatic rings. The molecule has 142 valence electrons. The third-order valence-electron chi connectivity index (χ3n) is 2.99. The smallest absolute Gasteiger partial charge is 0.257 e. The highest BCUT2D eigenvalue weighted by Gasteiger charge is 2.15. The first-order valence-corrected chi connectivity index (χ1v) is 9.82. The van der Waals surface area contributed by atoms with Gasteiger partial charge in [-0.2, -0.15) is 0 Å². The van der Waals surface area contributed by atoms with Gasteiger partial charge in [0.15, 0.2) is 6.61 Å². The Bertz CT molecular complexity index is 627. The highest BCUT2D eigenvalue weighted by molar-refractivity contribution is 7.89. The molecule has 1 rings (SSSR count). The summed E-state index contributed by atoms with van der Waals surface area (Å²) in [6, 6.07) is 5.76. The van der Waals surface area contributed by atoms with Crippen LogP contribution in [0.3, 0.4) is 0 Å². The summed E-state index contributed by atoms with van der Waals surface area (Å²) in [6.45, 7) is 8.42. The van der Waals surface area contributed by atoms with Gasteiger partial charge in [0, 0.05) is 19.2 Å². The van der Waals surface area contributed by atoms with Crippen LogP contribution in [-0.2, 0) is 19.6 Å². The van der Waals surface area contributed by atoms with E-state index in [1.165, 1.54) is 24.3 Å². The van der Waals surface area contributed by atoms with Crippen molar-refractivity contribution in [1.29, 1.82) is 0 Å². The monoisotopic (exact) mass is 372 g/mol. The van der Waals surface area contributed by atoms with Crippen LogP contribution >= 0.6 is 0 Å². The maximum absolute atomic E-state index is 12.0. The summed E-state index contributed by atoms with van der Waals surface area (Å²) in [4.78, 5) is 11.8. The minimum Gasteiger partial charge on any atom is -0.484 e. The van der Waals surface area contributed by atoms with E-state index in [0.29, 0.717) is 18.9 Å². The molecular weight excluding hydrogens is 344 g/mol. The molecule has 0 aliphatic carbocycles. The number of hydrogen-bond donors (Lipinski definition) is 2. The van der Waals surface area contributed by atoms with Gasteiger partial charge in [-0.25, -0.2) is 13.1 Å². The number of nitrogens with one attached hydrogen (secondary N) is 2. The Morgan fingerprint density at radius 1 is 1.12 bits per heavy atom. The molecule has 0 aliphatic heterocycles. The van der Waals surface area contributed by atoms with Crippen LogP contribution in [0.4, 0.5) is 0 Å². The molecule has 0 atom stereocenters. The third-order valence-corrected chi connectivity index (χ3v) is 4.66. The van der Waals surface area contributed by atoms with Gasteiger partial charge in [-0.05, 0) is 58.4 Å². The summed E-state index contributed by atoms with van der Waals surface area (Å²) in [5.74, 6) is 0.199. The van der Waals surface area contributed by atoms with Gasteiger partial charge in [0.25, 0.3) is 5.91 Å². The summed E-state index contributed by atoms with van der Waals surface area (Å²) in [5.41, 5.74) is 0. The number of sulfonamides is 1. The molecule has 0 fully saturated rings. The average molecular weight is 372 g/mol. The minimum atomic E-state index is -3.53. The van der Waals surface area contributed by atoms with Gasteiger partial charge in [0.1, 0.15) is 5.75 Å². The van der Waals surface area contributed by atoms with Gasteiger partial charge in [0.05, 0.1) is 11.0 Å². The molecule has 0 bridgehead atoms. The highest BCUT2D eigenvalue weighted by Crippen LogP contribution is 2.16. The fourth-order valence-electron chi connectivity index (χ4n) is 1.91. The normalized spacial score (nSPS) is 11.8. The van der Waals surface area contributed by atoms with Crippen molar-refractivity contribution in [2.24, 2.45) is 0 Å². The van der Waals surface area contributed by atoms with E-state index in [-0.39, 0.29) is 29.6 Å². The van der Waals surface area contributed by atoms with Crippen molar-refractivity contribution in [3.05, 3.63) is 24.3 Å². The zero-order valence-electron chi connectivity index (χ0n) is 15.2. The van der Waals surface area contributed by atoms with Crippen LogP contribution in [0.1, 0.15) is 34.1 Å². The molecule has 2 N–H and O–H groups in total. The van der Waals surface area contributed by atoms with Crippen LogP contribution in [0.25, 0.3) is 0 Å². The van der Waals surface area contributed by atoms with Crippen molar-refractivity contribution in [2.45, 2.75) is 51.2 Å². The number of carbonyl (C=O) groups is 1. The lowest BCUT2D eigenvalue weighted by molar-refractivity contribution is -0.123. The van der Waals surface area contributed by atoms with Crippen LogP contribution in [-0.4, -0.2) is 46.2 Å². The molecule has 1 aromatic rings. The molecule has 0 radical (unpaired) electrons. The number of carbonyl (C=O) groups excluding carboxylic acids is 1. The first-order chi connectivity index (χ1) is 11.7. The quantitative estimate of drug-likeness (QED) is 0.577. The van der Waals surface area contributed by atoms with E-state index >= 15 is 0 Å². The molecule has 1 aromatic carbocycles. The van der Waals surface area contributed by atoms with Crippen molar-refractivity contribution in [1.82, 2.24) is 10.0 Å². The standard InChI is InChI=1S/C17H28N2O5S/c1-13(2)19-25(21,22)16-8-6-15(7-9-16)24-12-17(20)18-10-5-11-23-14(3)4/h6-9,13-14,19H,5,10-12H2,1-4H3,(H,18,20). The molecule has 0 saturated heterocycles. The van der Waals surface area contributed by atoms with Crippen molar-refractivity contribution in [3.63, 3.8) is 0 Å². The highest BCUT2D eigenvalue weighted by atomic mass is 32.2. The Hall–Kier alpha value is -1.64. The first kappa shape index (κ1) is 21.4. The Morgan fingerprint density at radius 2 is 1.76 bits per heavy atom. The second kappa shape index (κ2) is 10.4. The number of ether oxygens (including phenoxy) is 2. The Morgan fingerprint density at radius 3 is 2.32 bits per heavy atom. The lowest BCUT2D eigenvalue weighted by Gasteiger charge is -2.11. The first-order valence-electron chi connectivity index (χ1n) is 8.34. The lowest BCUT2D eigenvalue weighted by Crippen LogP contribution is -2.30. The van der Waals surface area contributed by atoms with E-state index in [0.717, 1.165) is 6.42 Å². The predicted octanol–water partition coefficient (Wildman–Crippen LogP) is 1.68. The molecule has 1 amide bonds. The Kier molecular flexibility index (Phi) is 8.88. The van der Waals surface area contributed by atoms with Gasteiger partial charge in [0.2, 0.25) is 10.0 Å². The van der Waals surface area contributed by atoms with Crippen molar-refractivity contribution in [3.8, 4) is 5.75 Å². The second-order valence-electron chi connectivity index (χ2n) is 6.16. The van der Waals surface area contributed by atoms with E-state index in [2.05, 4.69) is 10.0 Å². The lowest BCUT2D eigenvalue weighted by atomic mass is 10.3. The molecule has 8 heteroatoms. The van der Waals surface area contributed by atoms with Crippen LogP contribution in [0.5, 0.6) is 5.75 Å². The molecule has 7 nitrogen and oxygen atoms in total. The van der Waals surface area contributed by atoms with Crippen molar-refractivity contribution in [2.75, 3.05) is 19.8 Å². The van der Waals surface area contributed by atoms with E-state index in [4.69, 9.17) is 9.47 Å². The number of amides is 1. The van der Waals surface area contributed by atoms with Crippen LogP contribution in [0, 0.1) is 0 Å². The molecule has 0 saturated carbocycles. The second-order valence-corrected chi connectivity index (χ2v) is 7.87. The predicted molar refractivity (Wildman–Crippen MR) is 96.1 cm³/mol. The van der Waals surface area contributed by atoms with E-state index in [9.17, 15) is 13.2 Å². The molecule has 0 spiro atoms. The third kappa shape index (κ3) is 8.85. The molecule has 25 heavy (non-hydrogen) atoms. The summed E-state index contributed by atoms with van der Waals surface area (Å²) in [7, 11) is -3.53. The number of hydrogen-bond acceptors (Lipinski definition) is 5. The fraction of sp³-hybridized carbons (Fsp3) is 0.588. The van der Waals surface area contributed by atoms with Crippen molar-refractivity contribution < 1.29 is 22.7 Å². The fourth-order valence-corrected chi connectivity index (χ4v) is 3.16. The zero-order chi connectivity index (χ0) is 18.9. The van der Waals surface area contributed by atoms with Crippen LogP contribution in [0.15, 0.2) is 29.2 Å². The molecular formula is C17H28N2O5S. The average Bonchev–Trinajstić information content (AvgIpc) is 2.51. The molecule has 0 heterocycles. The maximum atomic E-state index is 12.0. The van der Waals surface area contributed by atoms with Gasteiger partial charge in [-0.15, -0.1) is 0 Å². The van der Waals surface area contributed by atoms with Crippen LogP contribution in [0.2, 0.25) is 0 Å². The zero-order valence-corrected chi connectivity index (χ0v) is 16.1. The topological polar surface area (TPSA) is 93.7 Å². The summed E-state index contributed by atoms with van der Waals surface area (Å²) in [5, 5.41) is 2.73. The molecule has 0 unspecified atom stereocenters. The van der Waals surface area contributed by atoms with Gasteiger partial charge < -0.3 is 14.8 Å². The summed E-state index contributed by atoms with van der Waals surface area (Å²) in [6.07, 6.45) is 0.917. The SMILES string of the molecule is CC(C)NS(=O)(=O)c1ccc(OCC(=O)NCCCOC(C)C)cc1. The van der Waals surface area contributed by atoms with Gasteiger partial charge >= 0.3 is 0 Å². The Labute approximate surface area is 150 Å². The Balaban J connectivity index is 2.37. The summed E-state index contributed by atoms with van der Waals surface area (Å²) < 4.78 is 37.2. The maximum Gasteiger partial charge on any atom is 0.257 e. The van der Waals surface area contributed by atoms with E-state index in [1.807, 2.05) is 13.8 Å². The minimum absolute atomic E-state index is 0.124.